The summed E-state index contributed by atoms with van der Waals surface area (Å²) in [6, 6.07) is 6.07. The van der Waals surface area contributed by atoms with Crippen molar-refractivity contribution in [2.75, 3.05) is 0 Å². The quantitative estimate of drug-likeness (QED) is 0.622. The van der Waals surface area contributed by atoms with Crippen molar-refractivity contribution in [1.82, 2.24) is 0 Å². The van der Waals surface area contributed by atoms with E-state index in [2.05, 4.69) is 26.8 Å². The van der Waals surface area contributed by atoms with Crippen LogP contribution >= 0.6 is 23.2 Å². The van der Waals surface area contributed by atoms with Crippen LogP contribution in [0.5, 0.6) is 0 Å². The van der Waals surface area contributed by atoms with Gasteiger partial charge in [0.05, 0.1) is 10.0 Å². The molecule has 0 bridgehead atoms. The van der Waals surface area contributed by atoms with Gasteiger partial charge in [0.15, 0.2) is 0 Å². The van der Waals surface area contributed by atoms with Gasteiger partial charge in [-0.1, -0.05) is 56.5 Å². The van der Waals surface area contributed by atoms with E-state index in [0.29, 0.717) is 10.0 Å². The van der Waals surface area contributed by atoms with E-state index in [9.17, 15) is 0 Å². The predicted octanol–water partition coefficient (Wildman–Crippen LogP) is 5.85. The summed E-state index contributed by atoms with van der Waals surface area (Å²) in [5.74, 6) is 0. The van der Waals surface area contributed by atoms with E-state index in [1.165, 1.54) is 18.4 Å². The highest BCUT2D eigenvalue weighted by molar-refractivity contribution is 6.42. The van der Waals surface area contributed by atoms with E-state index in [1.807, 2.05) is 12.1 Å². The number of hydrogen-bond acceptors (Lipinski definition) is 0. The molecule has 0 aliphatic rings. The Bertz CT molecular complexity index is 341. The van der Waals surface area contributed by atoms with Gasteiger partial charge in [-0.05, 0) is 42.4 Å². The van der Waals surface area contributed by atoms with Gasteiger partial charge in [0.1, 0.15) is 0 Å². The third-order valence-electron chi connectivity index (χ3n) is 3.61. The molecule has 1 aromatic carbocycles. The number of rotatable bonds is 5. The van der Waals surface area contributed by atoms with Crippen LogP contribution in [-0.2, 0) is 5.41 Å². The first kappa shape index (κ1) is 13.9. The van der Waals surface area contributed by atoms with Gasteiger partial charge in [-0.2, -0.15) is 0 Å². The van der Waals surface area contributed by atoms with Crippen molar-refractivity contribution >= 4 is 23.2 Å². The van der Waals surface area contributed by atoms with E-state index in [0.717, 1.165) is 12.8 Å². The Morgan fingerprint density at radius 3 is 2.06 bits per heavy atom. The van der Waals surface area contributed by atoms with Gasteiger partial charge in [-0.15, -0.1) is 0 Å². The second-order valence-electron chi connectivity index (χ2n) is 4.37. The van der Waals surface area contributed by atoms with Crippen molar-refractivity contribution < 1.29 is 0 Å². The lowest BCUT2D eigenvalue weighted by molar-refractivity contribution is 0.361. The third-order valence-corrected chi connectivity index (χ3v) is 4.35. The molecule has 0 spiro atoms. The Hall–Kier alpha value is -0.200. The lowest BCUT2D eigenvalue weighted by Gasteiger charge is -2.32. The fraction of sp³-hybridized carbons (Fsp3) is 0.571. The molecular formula is C14H20Cl2. The van der Waals surface area contributed by atoms with E-state index in [-0.39, 0.29) is 5.41 Å². The first-order valence-electron chi connectivity index (χ1n) is 6.05. The maximum atomic E-state index is 6.10. The van der Waals surface area contributed by atoms with Gasteiger partial charge < -0.3 is 0 Å². The monoisotopic (exact) mass is 258 g/mol. The summed E-state index contributed by atoms with van der Waals surface area (Å²) in [6.07, 6.45) is 4.70. The van der Waals surface area contributed by atoms with Gasteiger partial charge in [0.2, 0.25) is 0 Å². The fourth-order valence-electron chi connectivity index (χ4n) is 2.46. The minimum Gasteiger partial charge on any atom is -0.0827 e. The molecule has 0 aliphatic carbocycles. The average molecular weight is 259 g/mol. The Kier molecular flexibility index (Phi) is 5.14. The van der Waals surface area contributed by atoms with Gasteiger partial charge in [-0.3, -0.25) is 0 Å². The third kappa shape index (κ3) is 2.73. The van der Waals surface area contributed by atoms with Crippen molar-refractivity contribution in [3.05, 3.63) is 33.8 Å². The van der Waals surface area contributed by atoms with E-state index < -0.39 is 0 Å². The molecule has 0 nitrogen and oxygen atoms in total. The number of benzene rings is 1. The van der Waals surface area contributed by atoms with Crippen LogP contribution in [0.2, 0.25) is 10.0 Å². The van der Waals surface area contributed by atoms with Gasteiger partial charge in [0, 0.05) is 0 Å². The minimum atomic E-state index is 0.267. The predicted molar refractivity (Wildman–Crippen MR) is 73.6 cm³/mol. The lowest BCUT2D eigenvalue weighted by Crippen LogP contribution is -2.24. The molecule has 0 saturated carbocycles. The Morgan fingerprint density at radius 2 is 1.62 bits per heavy atom. The topological polar surface area (TPSA) is 0 Å². The molecule has 0 amide bonds. The van der Waals surface area contributed by atoms with Crippen LogP contribution in [0.4, 0.5) is 0 Å². The zero-order chi connectivity index (χ0) is 12.2. The standard InChI is InChI=1S/C14H20Cl2/c1-4-9-14(5-2,6-3)11-7-8-12(15)13(16)10-11/h7-8,10H,4-6,9H2,1-3H3. The molecule has 0 aliphatic heterocycles. The van der Waals surface area contributed by atoms with Gasteiger partial charge in [-0.25, -0.2) is 0 Å². The Morgan fingerprint density at radius 1 is 1.00 bits per heavy atom. The SMILES string of the molecule is CCCC(CC)(CC)c1ccc(Cl)c(Cl)c1. The van der Waals surface area contributed by atoms with Crippen molar-refractivity contribution in [2.45, 2.75) is 51.9 Å². The van der Waals surface area contributed by atoms with Gasteiger partial charge in [0.25, 0.3) is 0 Å². The number of hydrogen-bond donors (Lipinski definition) is 0. The summed E-state index contributed by atoms with van der Waals surface area (Å²) >= 11 is 12.1. The van der Waals surface area contributed by atoms with Crippen LogP contribution in [0.3, 0.4) is 0 Å². The number of halogens is 2. The molecule has 0 fully saturated rings. The Labute approximate surface area is 109 Å². The first-order chi connectivity index (χ1) is 7.59. The van der Waals surface area contributed by atoms with Crippen LogP contribution in [0.15, 0.2) is 18.2 Å². The molecule has 0 atom stereocenters. The average Bonchev–Trinajstić information content (AvgIpc) is 2.30. The molecule has 0 unspecified atom stereocenters. The van der Waals surface area contributed by atoms with E-state index in [1.54, 1.807) is 0 Å². The summed E-state index contributed by atoms with van der Waals surface area (Å²) in [6.45, 7) is 6.74. The maximum Gasteiger partial charge on any atom is 0.0595 e. The van der Waals surface area contributed by atoms with Crippen molar-refractivity contribution in [2.24, 2.45) is 0 Å². The Balaban J connectivity index is 3.14. The zero-order valence-corrected chi connectivity index (χ0v) is 11.8. The van der Waals surface area contributed by atoms with Crippen LogP contribution < -0.4 is 0 Å². The zero-order valence-electron chi connectivity index (χ0n) is 10.3. The van der Waals surface area contributed by atoms with E-state index in [4.69, 9.17) is 23.2 Å². The lowest BCUT2D eigenvalue weighted by atomic mass is 9.73. The molecule has 2 heteroatoms. The van der Waals surface area contributed by atoms with Crippen molar-refractivity contribution in [3.8, 4) is 0 Å². The minimum absolute atomic E-state index is 0.267. The van der Waals surface area contributed by atoms with Crippen molar-refractivity contribution in [3.63, 3.8) is 0 Å². The molecule has 90 valence electrons. The smallest absolute Gasteiger partial charge is 0.0595 e. The summed E-state index contributed by atoms with van der Waals surface area (Å²) in [7, 11) is 0. The molecule has 0 radical (unpaired) electrons. The van der Waals surface area contributed by atoms with Crippen LogP contribution in [-0.4, -0.2) is 0 Å². The molecule has 0 saturated heterocycles. The highest BCUT2D eigenvalue weighted by Crippen LogP contribution is 2.38. The summed E-state index contributed by atoms with van der Waals surface area (Å²) < 4.78 is 0. The summed E-state index contributed by atoms with van der Waals surface area (Å²) in [5, 5.41) is 1.31. The van der Waals surface area contributed by atoms with E-state index >= 15 is 0 Å². The molecule has 1 rings (SSSR count). The second-order valence-corrected chi connectivity index (χ2v) is 5.18. The molecule has 0 N–H and O–H groups in total. The summed E-state index contributed by atoms with van der Waals surface area (Å²) in [5.41, 5.74) is 1.59. The normalized spacial score (nSPS) is 11.8. The molecule has 0 aromatic heterocycles. The largest absolute Gasteiger partial charge is 0.0827 e. The molecule has 0 heterocycles. The maximum absolute atomic E-state index is 6.10. The highest BCUT2D eigenvalue weighted by Gasteiger charge is 2.27. The molecule has 1 aromatic rings. The van der Waals surface area contributed by atoms with Crippen LogP contribution in [0.25, 0.3) is 0 Å². The van der Waals surface area contributed by atoms with Crippen LogP contribution in [0.1, 0.15) is 52.0 Å². The molecular weight excluding hydrogens is 239 g/mol. The summed E-state index contributed by atoms with van der Waals surface area (Å²) in [4.78, 5) is 0. The first-order valence-corrected chi connectivity index (χ1v) is 6.80. The van der Waals surface area contributed by atoms with Gasteiger partial charge >= 0.3 is 0 Å². The molecule has 16 heavy (non-hydrogen) atoms. The van der Waals surface area contributed by atoms with Crippen LogP contribution in [0, 0.1) is 0 Å². The fourth-order valence-corrected chi connectivity index (χ4v) is 2.76. The highest BCUT2D eigenvalue weighted by atomic mass is 35.5. The van der Waals surface area contributed by atoms with Crippen molar-refractivity contribution in [1.29, 1.82) is 0 Å². The second kappa shape index (κ2) is 5.93.